The van der Waals surface area contributed by atoms with Crippen molar-refractivity contribution in [1.82, 2.24) is 5.32 Å². The summed E-state index contributed by atoms with van der Waals surface area (Å²) in [5.74, 6) is 0. The Hall–Kier alpha value is -0.370. The van der Waals surface area contributed by atoms with Gasteiger partial charge in [0.2, 0.25) is 0 Å². The molecular formula is C9H17NS. The van der Waals surface area contributed by atoms with Crippen LogP contribution in [-0.4, -0.2) is 0 Å². The average molecular weight is 171 g/mol. The minimum absolute atomic E-state index is 0.500. The Morgan fingerprint density at radius 1 is 1.00 bits per heavy atom. The third-order valence-electron chi connectivity index (χ3n) is 0.486. The highest BCUT2D eigenvalue weighted by Crippen LogP contribution is 2.08. The largest absolute Gasteiger partial charge is 0.367 e. The van der Waals surface area contributed by atoms with Crippen molar-refractivity contribution in [3.63, 3.8) is 0 Å². The standard InChI is InChI=1S/C5H12.C4H5NS/c1-5(2,3)4;1-3-6-4-2-5-1/h1-4H3;1-5H. The van der Waals surface area contributed by atoms with Gasteiger partial charge in [-0.25, -0.2) is 0 Å². The van der Waals surface area contributed by atoms with Crippen LogP contribution in [0.15, 0.2) is 23.2 Å². The van der Waals surface area contributed by atoms with Gasteiger partial charge in [-0.2, -0.15) is 0 Å². The molecule has 0 saturated carbocycles. The second kappa shape index (κ2) is 5.30. The van der Waals surface area contributed by atoms with Crippen LogP contribution in [0.3, 0.4) is 0 Å². The second-order valence-corrected chi connectivity index (χ2v) is 4.72. The van der Waals surface area contributed by atoms with E-state index in [1.807, 2.05) is 23.2 Å². The normalized spacial score (nSPS) is 14.9. The van der Waals surface area contributed by atoms with E-state index in [9.17, 15) is 0 Å². The molecule has 0 amide bonds. The zero-order valence-corrected chi connectivity index (χ0v) is 8.53. The third kappa shape index (κ3) is 17.7. The molecule has 0 fully saturated rings. The van der Waals surface area contributed by atoms with Crippen molar-refractivity contribution in [1.29, 1.82) is 0 Å². The van der Waals surface area contributed by atoms with Crippen LogP contribution in [0.25, 0.3) is 0 Å². The third-order valence-corrected chi connectivity index (χ3v) is 1.07. The molecule has 0 aliphatic carbocycles. The first-order valence-corrected chi connectivity index (χ1v) is 4.66. The average Bonchev–Trinajstić information content (AvgIpc) is 1.88. The molecule has 1 nitrogen and oxygen atoms in total. The van der Waals surface area contributed by atoms with Crippen molar-refractivity contribution in [2.75, 3.05) is 0 Å². The lowest BCUT2D eigenvalue weighted by molar-refractivity contribution is 0.469. The highest BCUT2D eigenvalue weighted by Gasteiger charge is 1.95. The molecule has 1 rings (SSSR count). The van der Waals surface area contributed by atoms with Crippen LogP contribution in [0.4, 0.5) is 0 Å². The minimum Gasteiger partial charge on any atom is -0.367 e. The second-order valence-electron chi connectivity index (χ2n) is 3.91. The van der Waals surface area contributed by atoms with Crippen LogP contribution in [0.1, 0.15) is 27.7 Å². The first kappa shape index (κ1) is 10.6. The van der Waals surface area contributed by atoms with E-state index in [1.54, 1.807) is 11.8 Å². The summed E-state index contributed by atoms with van der Waals surface area (Å²) in [5.41, 5.74) is 0.500. The molecule has 1 heterocycles. The van der Waals surface area contributed by atoms with Gasteiger partial charge in [0.05, 0.1) is 0 Å². The lowest BCUT2D eigenvalue weighted by Crippen LogP contribution is -1.93. The fourth-order valence-corrected chi connectivity index (χ4v) is 0.663. The van der Waals surface area contributed by atoms with Gasteiger partial charge in [0.25, 0.3) is 0 Å². The van der Waals surface area contributed by atoms with E-state index in [4.69, 9.17) is 0 Å². The Bertz CT molecular complexity index is 116. The molecule has 1 N–H and O–H groups in total. The van der Waals surface area contributed by atoms with Crippen LogP contribution < -0.4 is 5.32 Å². The molecule has 0 aromatic heterocycles. The topological polar surface area (TPSA) is 12.0 Å². The van der Waals surface area contributed by atoms with Gasteiger partial charge in [0.15, 0.2) is 0 Å². The smallest absolute Gasteiger partial charge is 0.00715 e. The van der Waals surface area contributed by atoms with E-state index in [0.29, 0.717) is 5.41 Å². The Labute approximate surface area is 74.0 Å². The molecule has 0 bridgehead atoms. The molecule has 2 heteroatoms. The van der Waals surface area contributed by atoms with Gasteiger partial charge in [0, 0.05) is 12.4 Å². The van der Waals surface area contributed by atoms with Gasteiger partial charge < -0.3 is 5.32 Å². The van der Waals surface area contributed by atoms with Crippen molar-refractivity contribution in [3.05, 3.63) is 23.2 Å². The fraction of sp³-hybridized carbons (Fsp3) is 0.556. The quantitative estimate of drug-likeness (QED) is 0.600. The van der Waals surface area contributed by atoms with E-state index >= 15 is 0 Å². The Balaban J connectivity index is 0.000000187. The molecule has 0 unspecified atom stereocenters. The van der Waals surface area contributed by atoms with Gasteiger partial charge in [-0.05, 0) is 16.2 Å². The summed E-state index contributed by atoms with van der Waals surface area (Å²) in [6, 6.07) is 0. The van der Waals surface area contributed by atoms with Crippen LogP contribution >= 0.6 is 11.8 Å². The summed E-state index contributed by atoms with van der Waals surface area (Å²) in [6.07, 6.45) is 3.79. The van der Waals surface area contributed by atoms with Crippen molar-refractivity contribution in [2.24, 2.45) is 5.41 Å². The minimum atomic E-state index is 0.500. The highest BCUT2D eigenvalue weighted by molar-refractivity contribution is 8.04. The number of hydrogen-bond acceptors (Lipinski definition) is 2. The van der Waals surface area contributed by atoms with Crippen molar-refractivity contribution < 1.29 is 0 Å². The molecule has 1 aliphatic rings. The molecule has 64 valence electrons. The summed E-state index contributed by atoms with van der Waals surface area (Å²) >= 11 is 1.67. The van der Waals surface area contributed by atoms with Crippen LogP contribution in [0.2, 0.25) is 0 Å². The summed E-state index contributed by atoms with van der Waals surface area (Å²) in [7, 11) is 0. The molecule has 0 spiro atoms. The number of thioether (sulfide) groups is 1. The molecule has 1 aliphatic heterocycles. The lowest BCUT2D eigenvalue weighted by Gasteiger charge is -2.05. The molecule has 0 atom stereocenters. The first-order chi connectivity index (χ1) is 5.00. The van der Waals surface area contributed by atoms with Gasteiger partial charge in [-0.1, -0.05) is 27.7 Å². The van der Waals surface area contributed by atoms with E-state index in [1.165, 1.54) is 0 Å². The van der Waals surface area contributed by atoms with Crippen LogP contribution in [-0.2, 0) is 0 Å². The summed E-state index contributed by atoms with van der Waals surface area (Å²) < 4.78 is 0. The van der Waals surface area contributed by atoms with Crippen LogP contribution in [0.5, 0.6) is 0 Å². The monoisotopic (exact) mass is 171 g/mol. The predicted molar refractivity (Wildman–Crippen MR) is 54.1 cm³/mol. The van der Waals surface area contributed by atoms with Gasteiger partial charge in [-0.15, -0.1) is 11.8 Å². The molecule has 0 aromatic rings. The summed E-state index contributed by atoms with van der Waals surface area (Å²) in [6.45, 7) is 8.75. The van der Waals surface area contributed by atoms with E-state index in [0.717, 1.165) is 0 Å². The van der Waals surface area contributed by atoms with Crippen molar-refractivity contribution in [3.8, 4) is 0 Å². The van der Waals surface area contributed by atoms with E-state index < -0.39 is 0 Å². The van der Waals surface area contributed by atoms with Gasteiger partial charge in [-0.3, -0.25) is 0 Å². The number of hydrogen-bond donors (Lipinski definition) is 1. The maximum Gasteiger partial charge on any atom is 0.00715 e. The first-order valence-electron chi connectivity index (χ1n) is 3.72. The Kier molecular flexibility index (Phi) is 5.12. The zero-order valence-electron chi connectivity index (χ0n) is 7.72. The zero-order chi connectivity index (χ0) is 8.74. The van der Waals surface area contributed by atoms with Gasteiger partial charge >= 0.3 is 0 Å². The van der Waals surface area contributed by atoms with Crippen LogP contribution in [0, 0.1) is 5.41 Å². The predicted octanol–water partition coefficient (Wildman–Crippen LogP) is 3.32. The fourth-order valence-electron chi connectivity index (χ4n) is 0.258. The molecular weight excluding hydrogens is 154 g/mol. The molecule has 0 radical (unpaired) electrons. The maximum atomic E-state index is 2.90. The van der Waals surface area contributed by atoms with Crippen molar-refractivity contribution in [2.45, 2.75) is 27.7 Å². The van der Waals surface area contributed by atoms with E-state index in [-0.39, 0.29) is 0 Å². The van der Waals surface area contributed by atoms with Crippen molar-refractivity contribution >= 4 is 11.8 Å². The SMILES string of the molecule is C1=CSC=CN1.CC(C)(C)C. The molecule has 11 heavy (non-hydrogen) atoms. The summed E-state index contributed by atoms with van der Waals surface area (Å²) in [4.78, 5) is 0. The number of rotatable bonds is 0. The summed E-state index contributed by atoms with van der Waals surface area (Å²) in [5, 5.41) is 6.88. The molecule has 0 saturated heterocycles. The van der Waals surface area contributed by atoms with Gasteiger partial charge in [0.1, 0.15) is 0 Å². The number of nitrogens with one attached hydrogen (secondary N) is 1. The molecule has 0 aromatic carbocycles. The highest BCUT2D eigenvalue weighted by atomic mass is 32.2. The maximum absolute atomic E-state index is 2.90. The lowest BCUT2D eigenvalue weighted by atomic mass is 10.0. The van der Waals surface area contributed by atoms with E-state index in [2.05, 4.69) is 33.0 Å². The Morgan fingerprint density at radius 2 is 1.36 bits per heavy atom. The Morgan fingerprint density at radius 3 is 1.45 bits per heavy atom.